The second kappa shape index (κ2) is 7.39. The molecule has 4 nitrogen and oxygen atoms in total. The molecule has 0 aliphatic carbocycles. The van der Waals surface area contributed by atoms with Gasteiger partial charge in [0.05, 0.1) is 6.42 Å². The van der Waals surface area contributed by atoms with E-state index in [9.17, 15) is 4.79 Å². The van der Waals surface area contributed by atoms with Crippen LogP contribution < -0.4 is 15.0 Å². The number of hydrogen-bond acceptors (Lipinski definition) is 3. The number of ether oxygens (including phenoxy) is 1. The molecule has 0 fully saturated rings. The van der Waals surface area contributed by atoms with Gasteiger partial charge in [0.2, 0.25) is 5.91 Å². The summed E-state index contributed by atoms with van der Waals surface area (Å²) in [5.41, 5.74) is 2.59. The number of hydrogen-bond donors (Lipinski definition) is 1. The van der Waals surface area contributed by atoms with Crippen molar-refractivity contribution < 1.29 is 9.53 Å². The highest BCUT2D eigenvalue weighted by Gasteiger charge is 2.12. The van der Waals surface area contributed by atoms with Crippen LogP contribution in [-0.4, -0.2) is 25.6 Å². The van der Waals surface area contributed by atoms with Gasteiger partial charge in [-0.2, -0.15) is 0 Å². The normalized spacial score (nSPS) is 11.0. The van der Waals surface area contributed by atoms with Gasteiger partial charge in [0.25, 0.3) is 0 Å². The van der Waals surface area contributed by atoms with Crippen LogP contribution >= 0.6 is 0 Å². The van der Waals surface area contributed by atoms with E-state index >= 15 is 0 Å². The summed E-state index contributed by atoms with van der Waals surface area (Å²) in [6.45, 7) is 6.03. The Morgan fingerprint density at radius 2 is 1.75 bits per heavy atom. The first-order valence-electron chi connectivity index (χ1n) is 8.08. The Morgan fingerprint density at radius 3 is 2.33 bits per heavy atom. The van der Waals surface area contributed by atoms with Crippen LogP contribution in [0.4, 0.5) is 11.4 Å². The van der Waals surface area contributed by atoms with Gasteiger partial charge in [0, 0.05) is 25.5 Å². The molecule has 4 heteroatoms. The van der Waals surface area contributed by atoms with E-state index in [1.54, 1.807) is 0 Å². The van der Waals surface area contributed by atoms with Crippen molar-refractivity contribution in [2.24, 2.45) is 0 Å². The third-order valence-electron chi connectivity index (χ3n) is 3.36. The van der Waals surface area contributed by atoms with Crippen molar-refractivity contribution >= 4 is 17.3 Å². The fraction of sp³-hybridized carbons (Fsp3) is 0.350. The Hall–Kier alpha value is -2.49. The lowest BCUT2D eigenvalue weighted by molar-refractivity contribution is -0.115. The largest absolute Gasteiger partial charge is 0.488 e. The maximum atomic E-state index is 12.2. The molecule has 0 heterocycles. The second-order valence-corrected chi connectivity index (χ2v) is 7.03. The fourth-order valence-corrected chi connectivity index (χ4v) is 2.28. The van der Waals surface area contributed by atoms with Gasteiger partial charge < -0.3 is 15.0 Å². The van der Waals surface area contributed by atoms with E-state index in [0.717, 1.165) is 22.7 Å². The molecule has 24 heavy (non-hydrogen) atoms. The molecule has 2 rings (SSSR count). The van der Waals surface area contributed by atoms with Crippen LogP contribution in [0.3, 0.4) is 0 Å². The zero-order valence-corrected chi connectivity index (χ0v) is 15.1. The second-order valence-electron chi connectivity index (χ2n) is 7.03. The van der Waals surface area contributed by atoms with E-state index in [-0.39, 0.29) is 11.5 Å². The summed E-state index contributed by atoms with van der Waals surface area (Å²) in [6.07, 6.45) is 0.335. The Labute approximate surface area is 144 Å². The molecule has 0 radical (unpaired) electrons. The Morgan fingerprint density at radius 1 is 1.08 bits per heavy atom. The van der Waals surface area contributed by atoms with Crippen molar-refractivity contribution in [3.63, 3.8) is 0 Å². The molecule has 0 unspecified atom stereocenters. The first kappa shape index (κ1) is 17.9. The Balaban J connectivity index is 1.96. The lowest BCUT2D eigenvalue weighted by atomic mass is 10.1. The highest BCUT2D eigenvalue weighted by atomic mass is 16.5. The van der Waals surface area contributed by atoms with Gasteiger partial charge in [0.1, 0.15) is 11.4 Å². The molecule has 0 aliphatic rings. The molecular formula is C20H26N2O2. The van der Waals surface area contributed by atoms with Gasteiger partial charge in [-0.05, 0) is 56.7 Å². The van der Waals surface area contributed by atoms with Gasteiger partial charge in [0.15, 0.2) is 0 Å². The molecule has 0 saturated carbocycles. The van der Waals surface area contributed by atoms with Crippen LogP contribution in [-0.2, 0) is 11.2 Å². The number of carbonyl (C=O) groups excluding carboxylic acids is 1. The van der Waals surface area contributed by atoms with Crippen molar-refractivity contribution in [3.05, 3.63) is 54.1 Å². The summed E-state index contributed by atoms with van der Waals surface area (Å²) in [5, 5.41) is 2.94. The highest BCUT2D eigenvalue weighted by molar-refractivity contribution is 5.92. The highest BCUT2D eigenvalue weighted by Crippen LogP contribution is 2.20. The van der Waals surface area contributed by atoms with Crippen LogP contribution in [0, 0.1) is 0 Å². The fourth-order valence-electron chi connectivity index (χ4n) is 2.28. The Kier molecular flexibility index (Phi) is 5.50. The predicted molar refractivity (Wildman–Crippen MR) is 99.9 cm³/mol. The van der Waals surface area contributed by atoms with Gasteiger partial charge in [-0.25, -0.2) is 0 Å². The predicted octanol–water partition coefficient (Wildman–Crippen LogP) is 4.11. The number of carbonyl (C=O) groups is 1. The molecule has 1 amide bonds. The van der Waals surface area contributed by atoms with Crippen molar-refractivity contribution in [1.29, 1.82) is 0 Å². The van der Waals surface area contributed by atoms with Crippen LogP contribution in [0.2, 0.25) is 0 Å². The van der Waals surface area contributed by atoms with Crippen molar-refractivity contribution in [3.8, 4) is 5.75 Å². The quantitative estimate of drug-likeness (QED) is 0.899. The summed E-state index contributed by atoms with van der Waals surface area (Å²) in [7, 11) is 3.95. The number of nitrogens with zero attached hydrogens (tertiary/aromatic N) is 1. The third-order valence-corrected chi connectivity index (χ3v) is 3.36. The van der Waals surface area contributed by atoms with Crippen molar-refractivity contribution in [1.82, 2.24) is 0 Å². The van der Waals surface area contributed by atoms with Gasteiger partial charge in [-0.1, -0.05) is 18.2 Å². The van der Waals surface area contributed by atoms with E-state index in [1.165, 1.54) is 0 Å². The number of anilines is 2. The van der Waals surface area contributed by atoms with Crippen LogP contribution in [0.1, 0.15) is 26.3 Å². The van der Waals surface area contributed by atoms with Crippen molar-refractivity contribution in [2.75, 3.05) is 24.3 Å². The van der Waals surface area contributed by atoms with Crippen LogP contribution in [0.25, 0.3) is 0 Å². The topological polar surface area (TPSA) is 41.6 Å². The van der Waals surface area contributed by atoms with E-state index in [0.29, 0.717) is 6.42 Å². The monoisotopic (exact) mass is 326 g/mol. The molecule has 128 valence electrons. The minimum Gasteiger partial charge on any atom is -0.488 e. The SMILES string of the molecule is CN(C)c1cccc(NC(=O)Cc2ccc(OC(C)(C)C)cc2)c1. The molecule has 0 saturated heterocycles. The number of amides is 1. The lowest BCUT2D eigenvalue weighted by Crippen LogP contribution is -2.22. The first-order valence-corrected chi connectivity index (χ1v) is 8.08. The number of benzene rings is 2. The Bertz CT molecular complexity index is 686. The number of nitrogens with one attached hydrogen (secondary N) is 1. The molecule has 0 spiro atoms. The zero-order chi connectivity index (χ0) is 17.7. The van der Waals surface area contributed by atoms with Gasteiger partial charge in [-0.15, -0.1) is 0 Å². The molecule has 0 bridgehead atoms. The minimum atomic E-state index is -0.226. The molecule has 2 aromatic carbocycles. The molecule has 0 aromatic heterocycles. The van der Waals surface area contributed by atoms with Crippen molar-refractivity contribution in [2.45, 2.75) is 32.8 Å². The zero-order valence-electron chi connectivity index (χ0n) is 15.1. The summed E-state index contributed by atoms with van der Waals surface area (Å²) in [5.74, 6) is 0.778. The standard InChI is InChI=1S/C20H26N2O2/c1-20(2,3)24-18-11-9-15(10-12-18)13-19(23)21-16-7-6-8-17(14-16)22(4)5/h6-12,14H,13H2,1-5H3,(H,21,23). The van der Waals surface area contributed by atoms with Gasteiger partial charge in [-0.3, -0.25) is 4.79 Å². The average molecular weight is 326 g/mol. The average Bonchev–Trinajstić information content (AvgIpc) is 2.48. The molecular weight excluding hydrogens is 300 g/mol. The summed E-state index contributed by atoms with van der Waals surface area (Å²) >= 11 is 0. The van der Waals surface area contributed by atoms with E-state index in [4.69, 9.17) is 4.74 Å². The maximum absolute atomic E-state index is 12.2. The third kappa shape index (κ3) is 5.61. The smallest absolute Gasteiger partial charge is 0.228 e. The summed E-state index contributed by atoms with van der Waals surface area (Å²) in [6, 6.07) is 15.4. The van der Waals surface area contributed by atoms with Crippen LogP contribution in [0.5, 0.6) is 5.75 Å². The van der Waals surface area contributed by atoms with Gasteiger partial charge >= 0.3 is 0 Å². The first-order chi connectivity index (χ1) is 11.2. The summed E-state index contributed by atoms with van der Waals surface area (Å²) < 4.78 is 5.79. The van der Waals surface area contributed by atoms with E-state index < -0.39 is 0 Å². The maximum Gasteiger partial charge on any atom is 0.228 e. The van der Waals surface area contributed by atoms with E-state index in [1.807, 2.05) is 88.3 Å². The molecule has 1 N–H and O–H groups in total. The number of rotatable bonds is 5. The van der Waals surface area contributed by atoms with Crippen LogP contribution in [0.15, 0.2) is 48.5 Å². The molecule has 0 atom stereocenters. The molecule has 0 aliphatic heterocycles. The van der Waals surface area contributed by atoms with E-state index in [2.05, 4.69) is 5.32 Å². The summed E-state index contributed by atoms with van der Waals surface area (Å²) in [4.78, 5) is 14.2. The molecule has 2 aromatic rings. The minimum absolute atomic E-state index is 0.0320. The lowest BCUT2D eigenvalue weighted by Gasteiger charge is -2.21.